The van der Waals surface area contributed by atoms with Gasteiger partial charge in [0, 0.05) is 53.8 Å². The molecule has 0 radical (unpaired) electrons. The van der Waals surface area contributed by atoms with Crippen molar-refractivity contribution in [2.75, 3.05) is 13.2 Å². The Morgan fingerprint density at radius 2 is 1.87 bits per heavy atom. The summed E-state index contributed by atoms with van der Waals surface area (Å²) in [4.78, 5) is 55.1. The van der Waals surface area contributed by atoms with Crippen molar-refractivity contribution in [3.63, 3.8) is 0 Å². The predicted molar refractivity (Wildman–Crippen MR) is 160 cm³/mol. The number of carbonyl (C=O) groups excluding carboxylic acids is 3. The minimum absolute atomic E-state index is 0.111. The number of rotatable bonds is 11. The Morgan fingerprint density at radius 3 is 2.58 bits per heavy atom. The van der Waals surface area contributed by atoms with Crippen molar-refractivity contribution in [2.24, 2.45) is 5.92 Å². The van der Waals surface area contributed by atoms with Crippen LogP contribution in [-0.4, -0.2) is 46.5 Å². The minimum atomic E-state index is -1.26. The first kappa shape index (κ1) is 31.3. The Morgan fingerprint density at radius 1 is 1.07 bits per heavy atom. The zero-order valence-corrected chi connectivity index (χ0v) is 24.3. The summed E-state index contributed by atoms with van der Waals surface area (Å²) < 4.78 is 48.5. The Kier molecular flexibility index (Phi) is 9.50. The number of pyridine rings is 1. The van der Waals surface area contributed by atoms with Gasteiger partial charge in [-0.2, -0.15) is 0 Å². The van der Waals surface area contributed by atoms with Gasteiger partial charge in [-0.3, -0.25) is 14.4 Å². The van der Waals surface area contributed by atoms with E-state index in [1.54, 1.807) is 37.3 Å². The molecule has 1 aliphatic heterocycles. The lowest BCUT2D eigenvalue weighted by atomic mass is 9.97. The first-order valence-corrected chi connectivity index (χ1v) is 14.5. The average Bonchev–Trinajstić information content (AvgIpc) is 3.63. The summed E-state index contributed by atoms with van der Waals surface area (Å²) in [7, 11) is 0. The number of esters is 1. The van der Waals surface area contributed by atoms with Crippen molar-refractivity contribution >= 4 is 28.7 Å². The molecule has 0 unspecified atom stereocenters. The third-order valence-electron chi connectivity index (χ3n) is 7.71. The molecule has 1 aliphatic rings. The molecule has 12 heteroatoms. The number of halogens is 3. The second-order valence-electron chi connectivity index (χ2n) is 10.7. The second kappa shape index (κ2) is 13.7. The van der Waals surface area contributed by atoms with E-state index >= 15 is 0 Å². The molecule has 3 heterocycles. The number of fused-ring (bicyclic) bond motifs is 1. The van der Waals surface area contributed by atoms with Crippen molar-refractivity contribution in [2.45, 2.75) is 38.3 Å². The molecule has 3 atom stereocenters. The van der Waals surface area contributed by atoms with Crippen molar-refractivity contribution in [1.29, 1.82) is 0 Å². The van der Waals surface area contributed by atoms with Gasteiger partial charge < -0.3 is 24.9 Å². The molecule has 3 N–H and O–H groups in total. The Labute approximate surface area is 256 Å². The molecule has 1 saturated heterocycles. The molecule has 0 spiro atoms. The molecule has 2 aromatic carbocycles. The highest BCUT2D eigenvalue weighted by molar-refractivity contribution is 5.87. The van der Waals surface area contributed by atoms with Gasteiger partial charge in [-0.25, -0.2) is 18.0 Å². The fourth-order valence-corrected chi connectivity index (χ4v) is 5.44. The lowest BCUT2D eigenvalue weighted by Gasteiger charge is -2.24. The van der Waals surface area contributed by atoms with Crippen molar-refractivity contribution < 1.29 is 32.3 Å². The van der Waals surface area contributed by atoms with E-state index in [4.69, 9.17) is 4.74 Å². The molecule has 0 saturated carbocycles. The van der Waals surface area contributed by atoms with Gasteiger partial charge >= 0.3 is 5.97 Å². The molecular weight excluding hydrogens is 589 g/mol. The number of hydrogen-bond acceptors (Lipinski definition) is 5. The molecule has 2 aromatic heterocycles. The van der Waals surface area contributed by atoms with Crippen molar-refractivity contribution in [3.05, 3.63) is 106 Å². The van der Waals surface area contributed by atoms with E-state index in [0.29, 0.717) is 24.0 Å². The van der Waals surface area contributed by atoms with E-state index in [9.17, 15) is 32.3 Å². The van der Waals surface area contributed by atoms with Crippen LogP contribution in [0.5, 0.6) is 0 Å². The zero-order valence-electron chi connectivity index (χ0n) is 24.3. The SMILES string of the molecule is CCOC(=O)/C=C/[C@H](C[C@@H]1CCNC1=O)NC(=O)[C@H](Cc1ccc(F)c(F)c1)n1ccc2cc(-c3ccccc3F)[nH]c2c1=O. The number of amides is 2. The number of ether oxygens (including phenoxy) is 1. The highest BCUT2D eigenvalue weighted by Gasteiger charge is 2.30. The van der Waals surface area contributed by atoms with Crippen LogP contribution in [0.25, 0.3) is 22.2 Å². The van der Waals surface area contributed by atoms with Crippen LogP contribution in [0.15, 0.2) is 77.7 Å². The van der Waals surface area contributed by atoms with Crippen molar-refractivity contribution in [3.8, 4) is 11.3 Å². The van der Waals surface area contributed by atoms with E-state index in [1.165, 1.54) is 24.4 Å². The second-order valence-corrected chi connectivity index (χ2v) is 10.7. The van der Waals surface area contributed by atoms with Crippen molar-refractivity contribution in [1.82, 2.24) is 20.2 Å². The first-order chi connectivity index (χ1) is 21.6. The monoisotopic (exact) mass is 620 g/mol. The lowest BCUT2D eigenvalue weighted by Crippen LogP contribution is -2.43. The van der Waals surface area contributed by atoms with E-state index < -0.39 is 52.9 Å². The maximum atomic E-state index is 14.5. The fourth-order valence-electron chi connectivity index (χ4n) is 5.44. The van der Waals surface area contributed by atoms with Gasteiger partial charge in [-0.05, 0) is 61.7 Å². The van der Waals surface area contributed by atoms with Crippen LogP contribution >= 0.6 is 0 Å². The van der Waals surface area contributed by atoms with Gasteiger partial charge in [0.15, 0.2) is 11.6 Å². The molecule has 1 fully saturated rings. The van der Waals surface area contributed by atoms with Crippen LogP contribution in [0.3, 0.4) is 0 Å². The number of nitrogens with zero attached hydrogens (tertiary/aromatic N) is 1. The number of nitrogens with one attached hydrogen (secondary N) is 3. The molecular formula is C33H31F3N4O5. The summed E-state index contributed by atoms with van der Waals surface area (Å²) in [6.45, 7) is 2.27. The molecule has 5 rings (SSSR count). The summed E-state index contributed by atoms with van der Waals surface area (Å²) in [6, 6.07) is 10.4. The standard InChI is InChI=1S/C33H31F3N4O5/c1-2-45-29(41)10-8-22(17-21-11-13-37-31(21)42)38-32(43)28(16-19-7-9-25(35)26(36)15-19)40-14-12-20-18-27(39-30(20)33(40)44)23-5-3-4-6-24(23)34/h3-10,12,14-15,18,21-22,28,39H,2,11,13,16-17H2,1H3,(H,37,42)(H,38,43)/b10-8+/t21-,22+,28-/m0/s1. The number of aromatic amines is 1. The summed E-state index contributed by atoms with van der Waals surface area (Å²) >= 11 is 0. The number of carbonyl (C=O) groups is 3. The topological polar surface area (TPSA) is 122 Å². The minimum Gasteiger partial charge on any atom is -0.463 e. The van der Waals surface area contributed by atoms with Crippen LogP contribution in [-0.2, 0) is 25.5 Å². The third kappa shape index (κ3) is 7.17. The van der Waals surface area contributed by atoms with Gasteiger partial charge in [-0.1, -0.05) is 24.3 Å². The van der Waals surface area contributed by atoms with E-state index in [-0.39, 0.29) is 42.0 Å². The van der Waals surface area contributed by atoms with E-state index in [2.05, 4.69) is 15.6 Å². The summed E-state index contributed by atoms with van der Waals surface area (Å²) in [5, 5.41) is 6.04. The quantitative estimate of drug-likeness (QED) is 0.170. The molecule has 45 heavy (non-hydrogen) atoms. The van der Waals surface area contributed by atoms with Crippen LogP contribution in [0.2, 0.25) is 0 Å². The van der Waals surface area contributed by atoms with Gasteiger partial charge in [0.05, 0.1) is 6.61 Å². The summed E-state index contributed by atoms with van der Waals surface area (Å²) in [6.07, 6.45) is 4.49. The van der Waals surface area contributed by atoms with E-state index in [0.717, 1.165) is 22.8 Å². The zero-order chi connectivity index (χ0) is 32.1. The van der Waals surface area contributed by atoms with Crippen LogP contribution in [0.1, 0.15) is 31.4 Å². The van der Waals surface area contributed by atoms with Crippen LogP contribution < -0.4 is 16.2 Å². The highest BCUT2D eigenvalue weighted by Crippen LogP contribution is 2.26. The van der Waals surface area contributed by atoms with E-state index in [1.807, 2.05) is 0 Å². The number of H-pyrrole nitrogens is 1. The van der Waals surface area contributed by atoms with Gasteiger partial charge in [0.2, 0.25) is 11.8 Å². The molecule has 9 nitrogen and oxygen atoms in total. The van der Waals surface area contributed by atoms with Gasteiger partial charge in [0.1, 0.15) is 17.4 Å². The molecule has 234 valence electrons. The van der Waals surface area contributed by atoms with Gasteiger partial charge in [0.25, 0.3) is 5.56 Å². The van der Waals surface area contributed by atoms with Crippen LogP contribution in [0, 0.1) is 23.4 Å². The number of benzene rings is 2. The smallest absolute Gasteiger partial charge is 0.330 e. The average molecular weight is 621 g/mol. The molecule has 2 amide bonds. The van der Waals surface area contributed by atoms with Gasteiger partial charge in [-0.15, -0.1) is 0 Å². The summed E-state index contributed by atoms with van der Waals surface area (Å²) in [5.41, 5.74) is 0.363. The predicted octanol–water partition coefficient (Wildman–Crippen LogP) is 4.33. The first-order valence-electron chi connectivity index (χ1n) is 14.5. The lowest BCUT2D eigenvalue weighted by molar-refractivity contribution is -0.137. The van der Waals surface area contributed by atoms with Crippen LogP contribution in [0.4, 0.5) is 13.2 Å². The maximum Gasteiger partial charge on any atom is 0.330 e. The number of hydrogen-bond donors (Lipinski definition) is 3. The molecule has 0 aliphatic carbocycles. The number of aromatic nitrogens is 2. The molecule has 0 bridgehead atoms. The summed E-state index contributed by atoms with van der Waals surface area (Å²) in [5.74, 6) is -4.58. The highest BCUT2D eigenvalue weighted by atomic mass is 19.2. The largest absolute Gasteiger partial charge is 0.463 e. The Bertz CT molecular complexity index is 1830. The Hall–Kier alpha value is -5.13. The normalized spacial score (nSPS) is 16.1. The molecule has 4 aromatic rings. The third-order valence-corrected chi connectivity index (χ3v) is 7.71. The fraction of sp³-hybridized carbons (Fsp3) is 0.273. The maximum absolute atomic E-state index is 14.5. The Balaban J connectivity index is 1.52.